The number of aromatic nitrogens is 1. The second kappa shape index (κ2) is 6.44. The van der Waals surface area contributed by atoms with E-state index in [2.05, 4.69) is 4.57 Å². The zero-order valence-electron chi connectivity index (χ0n) is 12.5. The molecule has 0 radical (unpaired) electrons. The third-order valence-corrected chi connectivity index (χ3v) is 4.15. The van der Waals surface area contributed by atoms with Gasteiger partial charge in [0.2, 0.25) is 0 Å². The molecular weight excluding hydrogens is 289 g/mol. The lowest BCUT2D eigenvalue weighted by atomic mass is 10.1. The molecule has 0 aliphatic carbocycles. The highest BCUT2D eigenvalue weighted by Gasteiger charge is 2.14. The van der Waals surface area contributed by atoms with Gasteiger partial charge in [0, 0.05) is 23.5 Å². The van der Waals surface area contributed by atoms with Crippen molar-refractivity contribution in [3.63, 3.8) is 0 Å². The van der Waals surface area contributed by atoms with Gasteiger partial charge in [0.15, 0.2) is 5.78 Å². The summed E-state index contributed by atoms with van der Waals surface area (Å²) in [6, 6.07) is 6.74. The monoisotopic (exact) mass is 307 g/mol. The van der Waals surface area contributed by atoms with E-state index < -0.39 is 0 Å². The molecule has 0 fully saturated rings. The van der Waals surface area contributed by atoms with Gasteiger partial charge < -0.3 is 4.57 Å². The Kier molecular flexibility index (Phi) is 4.84. The maximum atomic E-state index is 13.1. The number of carbonyl (C=O) groups is 1. The standard InChI is InChI=1S/C17H19ClFNO/c1-11-8-15(19)5-4-14(11)6-7-20-12(2)9-16(13(20)3)17(21)10-18/h4-5,8-9H,6-7,10H2,1-3H3. The van der Waals surface area contributed by atoms with Gasteiger partial charge >= 0.3 is 0 Å². The van der Waals surface area contributed by atoms with Crippen LogP contribution in [-0.4, -0.2) is 16.2 Å². The first-order valence-corrected chi connectivity index (χ1v) is 7.48. The Morgan fingerprint density at radius 3 is 2.57 bits per heavy atom. The zero-order chi connectivity index (χ0) is 15.6. The first-order valence-electron chi connectivity index (χ1n) is 6.95. The molecule has 2 rings (SSSR count). The van der Waals surface area contributed by atoms with Gasteiger partial charge in [0.25, 0.3) is 0 Å². The SMILES string of the molecule is Cc1cc(F)ccc1CCn1c(C)cc(C(=O)CCl)c1C. The second-order valence-corrected chi connectivity index (χ2v) is 5.58. The largest absolute Gasteiger partial charge is 0.348 e. The lowest BCUT2D eigenvalue weighted by Gasteiger charge is -2.11. The fourth-order valence-electron chi connectivity index (χ4n) is 2.67. The molecule has 0 atom stereocenters. The minimum absolute atomic E-state index is 0.00135. The molecule has 0 spiro atoms. The molecule has 0 bridgehead atoms. The Hall–Kier alpha value is -1.61. The number of carbonyl (C=O) groups excluding carboxylic acids is 1. The number of benzene rings is 1. The summed E-state index contributed by atoms with van der Waals surface area (Å²) in [4.78, 5) is 11.8. The lowest BCUT2D eigenvalue weighted by Crippen LogP contribution is -2.08. The van der Waals surface area contributed by atoms with Gasteiger partial charge in [-0.3, -0.25) is 4.79 Å². The van der Waals surface area contributed by atoms with Gasteiger partial charge in [-0.15, -0.1) is 11.6 Å². The van der Waals surface area contributed by atoms with Gasteiger partial charge in [-0.1, -0.05) is 6.07 Å². The third-order valence-electron chi connectivity index (χ3n) is 3.90. The van der Waals surface area contributed by atoms with Crippen molar-refractivity contribution in [1.29, 1.82) is 0 Å². The molecule has 0 aliphatic rings. The fourth-order valence-corrected chi connectivity index (χ4v) is 2.82. The van der Waals surface area contributed by atoms with Crippen LogP contribution in [0.25, 0.3) is 0 Å². The van der Waals surface area contributed by atoms with Crippen molar-refractivity contribution in [1.82, 2.24) is 4.57 Å². The number of Topliss-reactive ketones (excluding diaryl/α,β-unsaturated/α-hetero) is 1. The van der Waals surface area contributed by atoms with Crippen molar-refractivity contribution in [2.24, 2.45) is 0 Å². The molecule has 2 nitrogen and oxygen atoms in total. The van der Waals surface area contributed by atoms with Crippen LogP contribution in [0.5, 0.6) is 0 Å². The van der Waals surface area contributed by atoms with Crippen LogP contribution in [0.15, 0.2) is 24.3 Å². The van der Waals surface area contributed by atoms with Crippen LogP contribution in [0.4, 0.5) is 4.39 Å². The number of aryl methyl sites for hydroxylation is 3. The maximum absolute atomic E-state index is 13.1. The van der Waals surface area contributed by atoms with Crippen LogP contribution in [0.1, 0.15) is 32.9 Å². The Bertz CT molecular complexity index is 676. The molecule has 0 aliphatic heterocycles. The normalized spacial score (nSPS) is 10.9. The predicted molar refractivity (Wildman–Crippen MR) is 83.8 cm³/mol. The Morgan fingerprint density at radius 1 is 1.24 bits per heavy atom. The third kappa shape index (κ3) is 3.35. The van der Waals surface area contributed by atoms with Gasteiger partial charge in [-0.25, -0.2) is 4.39 Å². The van der Waals surface area contributed by atoms with Crippen molar-refractivity contribution in [2.75, 3.05) is 5.88 Å². The summed E-state index contributed by atoms with van der Waals surface area (Å²) in [5.41, 5.74) is 4.75. The molecule has 0 saturated heterocycles. The predicted octanol–water partition coefficient (Wildman–Crippen LogP) is 4.22. The second-order valence-electron chi connectivity index (χ2n) is 5.31. The van der Waals surface area contributed by atoms with E-state index in [1.807, 2.05) is 32.9 Å². The van der Waals surface area contributed by atoms with Crippen LogP contribution in [0.2, 0.25) is 0 Å². The average Bonchev–Trinajstić information content (AvgIpc) is 2.73. The molecule has 0 amide bonds. The topological polar surface area (TPSA) is 22.0 Å². The molecule has 1 aromatic heterocycles. The summed E-state index contributed by atoms with van der Waals surface area (Å²) in [5, 5.41) is 0. The van der Waals surface area contributed by atoms with Crippen molar-refractivity contribution >= 4 is 17.4 Å². The van der Waals surface area contributed by atoms with Crippen molar-refractivity contribution in [3.8, 4) is 0 Å². The summed E-state index contributed by atoms with van der Waals surface area (Å²) in [5.74, 6) is -0.255. The van der Waals surface area contributed by atoms with Crippen LogP contribution >= 0.6 is 11.6 Å². The Balaban J connectivity index is 2.20. The van der Waals surface area contributed by atoms with Crippen LogP contribution in [-0.2, 0) is 13.0 Å². The molecule has 2 aromatic rings. The summed E-state index contributed by atoms with van der Waals surface area (Å²) in [6.07, 6.45) is 0.803. The fraction of sp³-hybridized carbons (Fsp3) is 0.353. The number of hydrogen-bond donors (Lipinski definition) is 0. The van der Waals surface area contributed by atoms with Crippen molar-refractivity contribution in [3.05, 3.63) is 58.2 Å². The highest BCUT2D eigenvalue weighted by atomic mass is 35.5. The molecule has 0 N–H and O–H groups in total. The van der Waals surface area contributed by atoms with E-state index in [9.17, 15) is 9.18 Å². The van der Waals surface area contributed by atoms with Crippen LogP contribution in [0.3, 0.4) is 0 Å². The molecule has 0 saturated carbocycles. The highest BCUT2D eigenvalue weighted by Crippen LogP contribution is 2.18. The first kappa shape index (κ1) is 15.8. The van der Waals surface area contributed by atoms with Gasteiger partial charge in [-0.2, -0.15) is 0 Å². The highest BCUT2D eigenvalue weighted by molar-refractivity contribution is 6.30. The van der Waals surface area contributed by atoms with Crippen LogP contribution < -0.4 is 0 Å². The molecule has 1 aromatic carbocycles. The quantitative estimate of drug-likeness (QED) is 0.599. The summed E-state index contributed by atoms with van der Waals surface area (Å²) in [6.45, 7) is 6.59. The molecule has 4 heteroatoms. The zero-order valence-corrected chi connectivity index (χ0v) is 13.3. The summed E-state index contributed by atoms with van der Waals surface area (Å²) >= 11 is 5.63. The summed E-state index contributed by atoms with van der Waals surface area (Å²) in [7, 11) is 0. The number of ketones is 1. The maximum Gasteiger partial charge on any atom is 0.179 e. The van der Waals surface area contributed by atoms with E-state index in [0.29, 0.717) is 5.56 Å². The van der Waals surface area contributed by atoms with Gasteiger partial charge in [0.05, 0.1) is 5.88 Å². The number of nitrogens with zero attached hydrogens (tertiary/aromatic N) is 1. The van der Waals surface area contributed by atoms with E-state index >= 15 is 0 Å². The van der Waals surface area contributed by atoms with Gasteiger partial charge in [0.1, 0.15) is 5.82 Å². The molecular formula is C17H19ClFNO. The van der Waals surface area contributed by atoms with Crippen molar-refractivity contribution < 1.29 is 9.18 Å². The minimum Gasteiger partial charge on any atom is -0.348 e. The minimum atomic E-state index is -0.209. The Morgan fingerprint density at radius 2 is 1.95 bits per heavy atom. The number of alkyl halides is 1. The lowest BCUT2D eigenvalue weighted by molar-refractivity contribution is 0.102. The molecule has 0 unspecified atom stereocenters. The average molecular weight is 308 g/mol. The molecule has 21 heavy (non-hydrogen) atoms. The first-order chi connectivity index (χ1) is 9.93. The van der Waals surface area contributed by atoms with Gasteiger partial charge in [-0.05, 0) is 56.5 Å². The molecule has 112 valence electrons. The van der Waals surface area contributed by atoms with E-state index in [4.69, 9.17) is 11.6 Å². The van der Waals surface area contributed by atoms with E-state index in [1.165, 1.54) is 6.07 Å². The van der Waals surface area contributed by atoms with Crippen molar-refractivity contribution in [2.45, 2.75) is 33.7 Å². The number of halogens is 2. The van der Waals surface area contributed by atoms with E-state index in [0.717, 1.165) is 35.5 Å². The van der Waals surface area contributed by atoms with E-state index in [-0.39, 0.29) is 17.5 Å². The van der Waals surface area contributed by atoms with E-state index in [1.54, 1.807) is 6.07 Å². The smallest absolute Gasteiger partial charge is 0.179 e. The number of rotatable bonds is 5. The Labute approximate surface area is 129 Å². The number of hydrogen-bond acceptors (Lipinski definition) is 1. The molecule has 1 heterocycles. The summed E-state index contributed by atoms with van der Waals surface area (Å²) < 4.78 is 15.2. The van der Waals surface area contributed by atoms with Crippen LogP contribution in [0, 0.1) is 26.6 Å².